The van der Waals surface area contributed by atoms with Gasteiger partial charge in [-0.3, -0.25) is 9.90 Å². The number of carbonyl (C=O) groups is 1. The molecule has 0 aromatic heterocycles. The van der Waals surface area contributed by atoms with Gasteiger partial charge in [0.25, 0.3) is 5.90 Å². The highest BCUT2D eigenvalue weighted by Crippen LogP contribution is 2.11. The van der Waals surface area contributed by atoms with Gasteiger partial charge in [0.05, 0.1) is 5.75 Å². The number of hydrogen-bond acceptors (Lipinski definition) is 2. The van der Waals surface area contributed by atoms with E-state index in [9.17, 15) is 9.90 Å². The highest BCUT2D eigenvalue weighted by molar-refractivity contribution is 8.14. The molecule has 1 aliphatic heterocycles. The Bertz CT molecular complexity index is 131. The van der Waals surface area contributed by atoms with Crippen molar-refractivity contribution in [3.63, 3.8) is 0 Å². The van der Waals surface area contributed by atoms with Gasteiger partial charge in [0, 0.05) is 0 Å². The molecule has 0 aromatic rings. The quantitative estimate of drug-likeness (QED) is 0.467. The third kappa shape index (κ3) is 0.928. The lowest BCUT2D eigenvalue weighted by Gasteiger charge is -1.69. The predicted octanol–water partition coefficient (Wildman–Crippen LogP) is 0.682. The van der Waals surface area contributed by atoms with E-state index >= 15 is 0 Å². The fraction of sp³-hybridized carbons (Fsp3) is 0.333. The van der Waals surface area contributed by atoms with Gasteiger partial charge in [0.2, 0.25) is 0 Å². The van der Waals surface area contributed by atoms with Crippen molar-refractivity contribution >= 4 is 22.9 Å². The van der Waals surface area contributed by atoms with Gasteiger partial charge in [-0.2, -0.15) is 4.99 Å². The maximum Gasteiger partial charge on any atom is 0.308 e. The monoisotopic (exact) mass is 116 g/mol. The van der Waals surface area contributed by atoms with E-state index in [1.807, 2.05) is 0 Å². The summed E-state index contributed by atoms with van der Waals surface area (Å²) in [5.74, 6) is -0.0752. The van der Waals surface area contributed by atoms with Gasteiger partial charge in [-0.25, -0.2) is 0 Å². The molecule has 0 N–H and O–H groups in total. The number of amides is 1. The maximum absolute atomic E-state index is 10.0. The molecule has 0 unspecified atom stereocenters. The molecule has 1 amide bonds. The summed E-state index contributed by atoms with van der Waals surface area (Å²) < 4.78 is 0. The summed E-state index contributed by atoms with van der Waals surface area (Å²) in [4.78, 5) is 13.1. The molecule has 0 saturated heterocycles. The Kier molecular flexibility index (Phi) is 1.02. The Labute approximate surface area is 44.4 Å². The van der Waals surface area contributed by atoms with Crippen molar-refractivity contribution in [3.8, 4) is 0 Å². The summed E-state index contributed by atoms with van der Waals surface area (Å²) in [5.41, 5.74) is 0. The van der Waals surface area contributed by atoms with Crippen LogP contribution in [0.1, 0.15) is 0 Å². The van der Waals surface area contributed by atoms with Crippen molar-refractivity contribution in [1.29, 1.82) is 0 Å². The van der Waals surface area contributed by atoms with Crippen molar-refractivity contribution in [1.82, 2.24) is 0 Å². The molecular weight excluding hydrogens is 114 g/mol. The summed E-state index contributed by atoms with van der Waals surface area (Å²) in [6.45, 7) is 0. The summed E-state index contributed by atoms with van der Waals surface area (Å²) >= 11 is 0.950. The lowest BCUT2D eigenvalue weighted by atomic mass is 10.8. The van der Waals surface area contributed by atoms with Crippen molar-refractivity contribution in [2.24, 2.45) is 4.99 Å². The number of nitrogens with zero attached hydrogens (tertiary/aromatic N) is 1. The second-order valence-corrected chi connectivity index (χ2v) is 1.99. The maximum atomic E-state index is 10.0. The van der Waals surface area contributed by atoms with E-state index in [0.717, 1.165) is 11.8 Å². The Morgan fingerprint density at radius 2 is 2.43 bits per heavy atom. The van der Waals surface area contributed by atoms with Gasteiger partial charge in [-0.05, 0) is 0 Å². The summed E-state index contributed by atoms with van der Waals surface area (Å²) in [6.07, 6.45) is 0. The van der Waals surface area contributed by atoms with Gasteiger partial charge in [-0.15, -0.1) is 0 Å². The molecule has 3 nitrogen and oxygen atoms in total. The summed E-state index contributed by atoms with van der Waals surface area (Å²) in [7, 11) is 0. The molecule has 1 heterocycles. The lowest BCUT2D eigenvalue weighted by molar-refractivity contribution is 0.267. The van der Waals surface area contributed by atoms with Gasteiger partial charge in [0.1, 0.15) is 0 Å². The van der Waals surface area contributed by atoms with Crippen LogP contribution in [0, 0.1) is 0 Å². The topological polar surface area (TPSA) is 49.3 Å². The van der Waals surface area contributed by atoms with Crippen LogP contribution in [-0.4, -0.2) is 16.9 Å². The van der Waals surface area contributed by atoms with Crippen LogP contribution in [0.2, 0.25) is 0 Å². The van der Waals surface area contributed by atoms with Gasteiger partial charge >= 0.3 is 5.24 Å². The minimum absolute atomic E-state index is 0.235. The van der Waals surface area contributed by atoms with Gasteiger partial charge < -0.3 is 0 Å². The first-order valence-electron chi connectivity index (χ1n) is 1.70. The molecule has 1 aliphatic rings. The van der Waals surface area contributed by atoms with Gasteiger partial charge in [-0.1, -0.05) is 11.8 Å². The highest BCUT2D eigenvalue weighted by Gasteiger charge is 2.13. The third-order valence-corrected chi connectivity index (χ3v) is 1.26. The zero-order chi connectivity index (χ0) is 5.28. The first kappa shape index (κ1) is 4.64. The molecule has 0 atom stereocenters. The zero-order valence-electron chi connectivity index (χ0n) is 3.38. The predicted molar refractivity (Wildman–Crippen MR) is 26.0 cm³/mol. The zero-order valence-corrected chi connectivity index (χ0v) is 4.20. The second kappa shape index (κ2) is 1.54. The third-order valence-electron chi connectivity index (χ3n) is 0.535. The molecule has 1 radical (unpaired) electrons. The number of hydrogen-bond donors (Lipinski definition) is 0. The number of aliphatic imine (C=N–C) groups is 1. The average molecular weight is 116 g/mol. The number of thioether (sulfide) groups is 1. The standard InChI is InChI=1S/C3H2NO2S/c5-2-1-7-3(6)4-2/h1H2. The minimum atomic E-state index is -0.356. The van der Waals surface area contributed by atoms with Crippen LogP contribution in [-0.2, 0) is 5.11 Å². The fourth-order valence-corrected chi connectivity index (χ4v) is 0.768. The van der Waals surface area contributed by atoms with Crippen LogP contribution in [0.25, 0.3) is 0 Å². The van der Waals surface area contributed by atoms with E-state index < -0.39 is 0 Å². The fourth-order valence-electron chi connectivity index (χ4n) is 0.290. The molecule has 1 rings (SSSR count). The molecular formula is C3H2NO2S. The number of carbonyl (C=O) groups excluding carboxylic acids is 1. The number of rotatable bonds is 0. The molecule has 37 valence electrons. The molecule has 0 saturated carbocycles. The molecule has 0 spiro atoms. The van der Waals surface area contributed by atoms with Gasteiger partial charge in [0.15, 0.2) is 0 Å². The molecule has 7 heavy (non-hydrogen) atoms. The van der Waals surface area contributed by atoms with Crippen LogP contribution in [0.4, 0.5) is 4.79 Å². The molecule has 0 aliphatic carbocycles. The van der Waals surface area contributed by atoms with E-state index in [-0.39, 0.29) is 16.9 Å². The van der Waals surface area contributed by atoms with E-state index in [1.54, 1.807) is 0 Å². The summed E-state index contributed by atoms with van der Waals surface area (Å²) in [5, 5.41) is 9.69. The summed E-state index contributed by atoms with van der Waals surface area (Å²) in [6, 6.07) is 0. The van der Waals surface area contributed by atoms with E-state index in [2.05, 4.69) is 4.99 Å². The van der Waals surface area contributed by atoms with E-state index in [0.29, 0.717) is 0 Å². The SMILES string of the molecule is [O]C1=NC(=O)SC1. The average Bonchev–Trinajstić information content (AvgIpc) is 1.87. The molecule has 4 heteroatoms. The Morgan fingerprint density at radius 1 is 1.71 bits per heavy atom. The van der Waals surface area contributed by atoms with Crippen molar-refractivity contribution in [3.05, 3.63) is 0 Å². The van der Waals surface area contributed by atoms with Crippen molar-refractivity contribution in [2.75, 3.05) is 5.75 Å². The first-order valence-corrected chi connectivity index (χ1v) is 2.69. The first-order chi connectivity index (χ1) is 3.29. The Hall–Kier alpha value is -0.510. The molecule has 0 bridgehead atoms. The Morgan fingerprint density at radius 3 is 2.57 bits per heavy atom. The largest absolute Gasteiger partial charge is 0.308 e. The minimum Gasteiger partial charge on any atom is -0.271 e. The van der Waals surface area contributed by atoms with Crippen LogP contribution in [0.15, 0.2) is 4.99 Å². The Balaban J connectivity index is 2.67. The second-order valence-electron chi connectivity index (χ2n) is 1.06. The normalized spacial score (nSPS) is 20.0. The lowest BCUT2D eigenvalue weighted by Crippen LogP contribution is -1.88. The van der Waals surface area contributed by atoms with Crippen LogP contribution >= 0.6 is 11.8 Å². The van der Waals surface area contributed by atoms with Crippen LogP contribution in [0.5, 0.6) is 0 Å². The van der Waals surface area contributed by atoms with Crippen LogP contribution < -0.4 is 0 Å². The molecule has 0 aromatic carbocycles. The smallest absolute Gasteiger partial charge is 0.271 e. The van der Waals surface area contributed by atoms with Crippen LogP contribution in [0.3, 0.4) is 0 Å². The van der Waals surface area contributed by atoms with Crippen molar-refractivity contribution < 1.29 is 9.90 Å². The van der Waals surface area contributed by atoms with E-state index in [1.165, 1.54) is 0 Å². The van der Waals surface area contributed by atoms with E-state index in [4.69, 9.17) is 0 Å². The molecule has 0 fully saturated rings. The van der Waals surface area contributed by atoms with Crippen molar-refractivity contribution in [2.45, 2.75) is 0 Å². The highest BCUT2D eigenvalue weighted by atomic mass is 32.2.